The molecule has 1 heterocycles. The van der Waals surface area contributed by atoms with Crippen LogP contribution in [0, 0.1) is 5.92 Å². The van der Waals surface area contributed by atoms with E-state index in [9.17, 15) is 9.59 Å². The van der Waals surface area contributed by atoms with Crippen molar-refractivity contribution in [3.63, 3.8) is 0 Å². The first kappa shape index (κ1) is 21.0. The molecule has 0 bridgehead atoms. The van der Waals surface area contributed by atoms with Crippen molar-refractivity contribution in [1.29, 1.82) is 0 Å². The van der Waals surface area contributed by atoms with Crippen molar-refractivity contribution in [1.82, 2.24) is 15.1 Å². The molecule has 0 aliphatic carbocycles. The van der Waals surface area contributed by atoms with Crippen LogP contribution in [-0.4, -0.2) is 74.4 Å². The Morgan fingerprint density at radius 3 is 2.27 bits per heavy atom. The highest BCUT2D eigenvalue weighted by Gasteiger charge is 2.14. The van der Waals surface area contributed by atoms with E-state index in [0.29, 0.717) is 12.8 Å². The molecule has 1 rings (SSSR count). The van der Waals surface area contributed by atoms with Crippen molar-refractivity contribution >= 4 is 12.2 Å². The lowest BCUT2D eigenvalue weighted by Gasteiger charge is -2.32. The summed E-state index contributed by atoms with van der Waals surface area (Å²) in [5, 5.41) is 2.76. The number of likely N-dealkylation sites (N-methyl/N-ethyl adjacent to an activating group) is 1. The zero-order valence-electron chi connectivity index (χ0n) is 14.7. The molecule has 6 nitrogen and oxygen atoms in total. The summed E-state index contributed by atoms with van der Waals surface area (Å²) >= 11 is 0. The minimum atomic E-state index is -0.703. The summed E-state index contributed by atoms with van der Waals surface area (Å²) in [6, 6.07) is -0.703. The Morgan fingerprint density at radius 1 is 1.23 bits per heavy atom. The first-order valence-electron chi connectivity index (χ1n) is 8.24. The van der Waals surface area contributed by atoms with Crippen LogP contribution in [0.25, 0.3) is 0 Å². The molecule has 22 heavy (non-hydrogen) atoms. The number of nitrogens with two attached hydrogens (primary N) is 1. The van der Waals surface area contributed by atoms with Crippen molar-refractivity contribution in [2.24, 2.45) is 11.7 Å². The van der Waals surface area contributed by atoms with E-state index < -0.39 is 6.04 Å². The monoisotopic (exact) mass is 314 g/mol. The maximum Gasteiger partial charge on any atom is 0.237 e. The molecule has 1 saturated heterocycles. The molecule has 0 aromatic heterocycles. The summed E-state index contributed by atoms with van der Waals surface area (Å²) < 4.78 is 0. The van der Waals surface area contributed by atoms with Gasteiger partial charge in [0.25, 0.3) is 0 Å². The fourth-order valence-corrected chi connectivity index (χ4v) is 1.93. The Bertz CT molecular complexity index is 300. The Labute approximate surface area is 135 Å². The lowest BCUT2D eigenvalue weighted by atomic mass is 10.2. The molecule has 0 radical (unpaired) electrons. The zero-order valence-corrected chi connectivity index (χ0v) is 14.7. The summed E-state index contributed by atoms with van der Waals surface area (Å²) in [7, 11) is 2.13. The lowest BCUT2D eigenvalue weighted by Crippen LogP contribution is -2.45. The molecule has 1 unspecified atom stereocenters. The number of rotatable bonds is 7. The van der Waals surface area contributed by atoms with Crippen LogP contribution in [0.5, 0.6) is 0 Å². The van der Waals surface area contributed by atoms with Gasteiger partial charge in [0.2, 0.25) is 5.91 Å². The number of aldehydes is 1. The summed E-state index contributed by atoms with van der Waals surface area (Å²) in [5.41, 5.74) is 5.51. The number of nitrogens with one attached hydrogen (secondary N) is 1. The van der Waals surface area contributed by atoms with Gasteiger partial charge < -0.3 is 25.6 Å². The van der Waals surface area contributed by atoms with E-state index in [1.165, 1.54) is 0 Å². The Morgan fingerprint density at radius 2 is 1.77 bits per heavy atom. The smallest absolute Gasteiger partial charge is 0.237 e. The molecule has 6 heteroatoms. The van der Waals surface area contributed by atoms with E-state index in [1.54, 1.807) is 0 Å². The van der Waals surface area contributed by atoms with Crippen LogP contribution in [0.15, 0.2) is 0 Å². The second-order valence-electron chi connectivity index (χ2n) is 6.53. The highest BCUT2D eigenvalue weighted by molar-refractivity contribution is 5.83. The van der Waals surface area contributed by atoms with E-state index in [-0.39, 0.29) is 12.3 Å². The Balaban J connectivity index is 0.000000980. The van der Waals surface area contributed by atoms with E-state index in [0.717, 1.165) is 45.1 Å². The fraction of sp³-hybridized carbons (Fsp3) is 0.875. The third kappa shape index (κ3) is 11.7. The molecule has 0 spiro atoms. The van der Waals surface area contributed by atoms with Crippen molar-refractivity contribution in [2.45, 2.75) is 39.7 Å². The van der Waals surface area contributed by atoms with E-state index >= 15 is 0 Å². The maximum atomic E-state index is 11.4. The third-order valence-corrected chi connectivity index (χ3v) is 3.23. The number of hydrogen-bond acceptors (Lipinski definition) is 5. The first-order valence-corrected chi connectivity index (χ1v) is 8.24. The molecule has 0 aromatic rings. The molecular formula is C16H34N4O2. The van der Waals surface area contributed by atoms with Gasteiger partial charge in [-0.1, -0.05) is 20.8 Å². The average molecular weight is 314 g/mol. The van der Waals surface area contributed by atoms with Gasteiger partial charge in [-0.25, -0.2) is 0 Å². The maximum absolute atomic E-state index is 11.4. The summed E-state index contributed by atoms with van der Waals surface area (Å²) in [5.74, 6) is 0.598. The molecule has 1 fully saturated rings. The number of amides is 1. The van der Waals surface area contributed by atoms with Crippen molar-refractivity contribution < 1.29 is 9.59 Å². The summed E-state index contributed by atoms with van der Waals surface area (Å²) in [6.45, 7) is 12.5. The number of hydrogen-bond donors (Lipinski definition) is 2. The van der Waals surface area contributed by atoms with Gasteiger partial charge in [0.15, 0.2) is 0 Å². The van der Waals surface area contributed by atoms with Gasteiger partial charge in [0, 0.05) is 39.1 Å². The fourth-order valence-electron chi connectivity index (χ4n) is 1.93. The topological polar surface area (TPSA) is 78.7 Å². The lowest BCUT2D eigenvalue weighted by molar-refractivity contribution is -0.124. The van der Waals surface area contributed by atoms with Gasteiger partial charge in [-0.2, -0.15) is 0 Å². The molecule has 0 saturated carbocycles. The SMILES string of the molecule is CC(C)C.CN1CCN(CCCNC(=O)C(N)CC=O)CC1. The molecule has 0 aromatic carbocycles. The van der Waals surface area contributed by atoms with Gasteiger partial charge in [-0.05, 0) is 25.9 Å². The molecule has 3 N–H and O–H groups in total. The predicted molar refractivity (Wildman–Crippen MR) is 90.7 cm³/mol. The standard InChI is InChI=1S/C12H24N4O2.C4H10/c1-15-6-8-16(9-7-15)5-2-4-14-12(18)11(13)3-10-17;1-4(2)3/h10-11H,2-9,13H2,1H3,(H,14,18);4H,1-3H3. The number of carbonyl (C=O) groups is 2. The number of nitrogens with zero attached hydrogens (tertiary/aromatic N) is 2. The van der Waals surface area contributed by atoms with Crippen LogP contribution in [-0.2, 0) is 9.59 Å². The van der Waals surface area contributed by atoms with E-state index in [1.807, 2.05) is 0 Å². The molecule has 1 atom stereocenters. The van der Waals surface area contributed by atoms with Gasteiger partial charge in [0.05, 0.1) is 6.04 Å². The highest BCUT2D eigenvalue weighted by atomic mass is 16.2. The Hall–Kier alpha value is -0.980. The molecule has 1 amide bonds. The summed E-state index contributed by atoms with van der Waals surface area (Å²) in [4.78, 5) is 26.3. The van der Waals surface area contributed by atoms with Crippen molar-refractivity contribution in [3.05, 3.63) is 0 Å². The predicted octanol–water partition coefficient (Wildman–Crippen LogP) is 0.319. The van der Waals surface area contributed by atoms with Crippen LogP contribution >= 0.6 is 0 Å². The third-order valence-electron chi connectivity index (χ3n) is 3.23. The first-order chi connectivity index (χ1) is 10.4. The van der Waals surface area contributed by atoms with Crippen molar-refractivity contribution in [3.8, 4) is 0 Å². The number of piperazine rings is 1. The molecule has 1 aliphatic rings. The van der Waals surface area contributed by atoms with Gasteiger partial charge in [-0.15, -0.1) is 0 Å². The van der Waals surface area contributed by atoms with Gasteiger partial charge in [0.1, 0.15) is 6.29 Å². The van der Waals surface area contributed by atoms with Crippen LogP contribution in [0.3, 0.4) is 0 Å². The second kappa shape index (κ2) is 12.6. The molecule has 130 valence electrons. The van der Waals surface area contributed by atoms with E-state index in [4.69, 9.17) is 5.73 Å². The average Bonchev–Trinajstić information content (AvgIpc) is 2.45. The van der Waals surface area contributed by atoms with Gasteiger partial charge >= 0.3 is 0 Å². The largest absolute Gasteiger partial charge is 0.355 e. The Kier molecular flexibility index (Phi) is 12.0. The molecule has 1 aliphatic heterocycles. The number of carbonyl (C=O) groups excluding carboxylic acids is 2. The summed E-state index contributed by atoms with van der Waals surface area (Å²) in [6.07, 6.45) is 1.68. The van der Waals surface area contributed by atoms with Crippen LogP contribution in [0.1, 0.15) is 33.6 Å². The minimum Gasteiger partial charge on any atom is -0.355 e. The van der Waals surface area contributed by atoms with Crippen molar-refractivity contribution in [2.75, 3.05) is 46.3 Å². The zero-order chi connectivity index (χ0) is 17.0. The highest BCUT2D eigenvalue weighted by Crippen LogP contribution is 1.99. The normalized spacial score (nSPS) is 17.5. The quantitative estimate of drug-likeness (QED) is 0.523. The van der Waals surface area contributed by atoms with Crippen LogP contribution < -0.4 is 11.1 Å². The molecular weight excluding hydrogens is 280 g/mol. The van der Waals surface area contributed by atoms with E-state index in [2.05, 4.69) is 42.9 Å². The van der Waals surface area contributed by atoms with Crippen LogP contribution in [0.2, 0.25) is 0 Å². The van der Waals surface area contributed by atoms with Crippen LogP contribution in [0.4, 0.5) is 0 Å². The minimum absolute atomic E-state index is 0.0876. The second-order valence-corrected chi connectivity index (χ2v) is 6.53. The van der Waals surface area contributed by atoms with Gasteiger partial charge in [-0.3, -0.25) is 4.79 Å².